The number of nitrogens with zero attached hydrogens (tertiary/aromatic N) is 2. The molecule has 0 saturated heterocycles. The van der Waals surface area contributed by atoms with E-state index in [4.69, 9.17) is 9.47 Å². The van der Waals surface area contributed by atoms with Crippen molar-refractivity contribution in [2.24, 2.45) is 0 Å². The lowest BCUT2D eigenvalue weighted by molar-refractivity contribution is 0.102. The highest BCUT2D eigenvalue weighted by Crippen LogP contribution is 2.26. The Morgan fingerprint density at radius 3 is 2.41 bits per heavy atom. The van der Waals surface area contributed by atoms with Crippen LogP contribution in [0.5, 0.6) is 17.5 Å². The van der Waals surface area contributed by atoms with Crippen LogP contribution in [0.15, 0.2) is 52.9 Å². The van der Waals surface area contributed by atoms with E-state index in [2.05, 4.69) is 15.3 Å². The van der Waals surface area contributed by atoms with Crippen LogP contribution in [0.25, 0.3) is 0 Å². The largest absolute Gasteiger partial charge is 0.475 e. The molecule has 0 bridgehead atoms. The third-order valence-electron chi connectivity index (χ3n) is 3.52. The number of thiazole rings is 1. The average Bonchev–Trinajstić information content (AvgIpc) is 3.13. The number of carbonyl (C=O) groups is 1. The van der Waals surface area contributed by atoms with Crippen molar-refractivity contribution in [3.05, 3.63) is 53.5 Å². The second-order valence-corrected chi connectivity index (χ2v) is 9.25. The minimum atomic E-state index is -3.30. The Hall–Kier alpha value is -2.98. The number of sulfone groups is 1. The van der Waals surface area contributed by atoms with Gasteiger partial charge in [0.2, 0.25) is 11.8 Å². The van der Waals surface area contributed by atoms with Crippen LogP contribution < -0.4 is 14.8 Å². The number of anilines is 1. The first-order valence-electron chi connectivity index (χ1n) is 8.58. The molecule has 1 amide bonds. The zero-order valence-corrected chi connectivity index (χ0v) is 17.6. The minimum absolute atomic E-state index is 0.138. The Morgan fingerprint density at radius 2 is 1.83 bits per heavy atom. The van der Waals surface area contributed by atoms with E-state index in [-0.39, 0.29) is 34.2 Å². The molecule has 0 aliphatic heterocycles. The molecule has 0 radical (unpaired) electrons. The van der Waals surface area contributed by atoms with E-state index in [1.165, 1.54) is 47.7 Å². The van der Waals surface area contributed by atoms with E-state index in [9.17, 15) is 13.2 Å². The molecule has 0 fully saturated rings. The molecule has 29 heavy (non-hydrogen) atoms. The molecule has 1 aromatic carbocycles. The number of hydrogen-bond donors (Lipinski definition) is 1. The molecule has 0 aliphatic carbocycles. The van der Waals surface area contributed by atoms with Gasteiger partial charge in [0.05, 0.1) is 16.6 Å². The van der Waals surface area contributed by atoms with Gasteiger partial charge < -0.3 is 9.47 Å². The summed E-state index contributed by atoms with van der Waals surface area (Å²) in [7, 11) is -3.30. The van der Waals surface area contributed by atoms with Gasteiger partial charge in [0, 0.05) is 30.0 Å². The van der Waals surface area contributed by atoms with Crippen molar-refractivity contribution in [3.63, 3.8) is 0 Å². The summed E-state index contributed by atoms with van der Waals surface area (Å²) in [6, 6.07) is 8.90. The van der Waals surface area contributed by atoms with Gasteiger partial charge >= 0.3 is 0 Å². The van der Waals surface area contributed by atoms with Crippen molar-refractivity contribution in [1.29, 1.82) is 0 Å². The topological polar surface area (TPSA) is 107 Å². The summed E-state index contributed by atoms with van der Waals surface area (Å²) in [5.74, 6) is 0.361. The molecule has 2 aromatic heterocycles. The third-order valence-corrected chi connectivity index (χ3v) is 5.34. The van der Waals surface area contributed by atoms with E-state index in [0.717, 1.165) is 6.26 Å². The molecule has 3 rings (SSSR count). The predicted octanol–water partition coefficient (Wildman–Crippen LogP) is 3.77. The number of hydrogen-bond acceptors (Lipinski definition) is 8. The zero-order chi connectivity index (χ0) is 21.0. The molecule has 0 spiro atoms. The Labute approximate surface area is 172 Å². The number of rotatable bonds is 7. The molecule has 152 valence electrons. The van der Waals surface area contributed by atoms with Gasteiger partial charge in [-0.1, -0.05) is 0 Å². The highest BCUT2D eigenvalue weighted by Gasteiger charge is 2.15. The molecule has 10 heteroatoms. The monoisotopic (exact) mass is 433 g/mol. The van der Waals surface area contributed by atoms with Crippen LogP contribution >= 0.6 is 11.3 Å². The molecule has 8 nitrogen and oxygen atoms in total. The lowest BCUT2D eigenvalue weighted by Gasteiger charge is -2.13. The fourth-order valence-corrected chi connectivity index (χ4v) is 3.45. The smallest absolute Gasteiger partial charge is 0.257 e. The van der Waals surface area contributed by atoms with E-state index < -0.39 is 9.84 Å². The van der Waals surface area contributed by atoms with Crippen molar-refractivity contribution in [2.75, 3.05) is 11.6 Å². The molecule has 0 saturated carbocycles. The number of amides is 1. The molecular weight excluding hydrogens is 414 g/mol. The van der Waals surface area contributed by atoms with Crippen LogP contribution in [0.2, 0.25) is 0 Å². The maximum atomic E-state index is 12.6. The minimum Gasteiger partial charge on any atom is -0.475 e. The van der Waals surface area contributed by atoms with Crippen molar-refractivity contribution in [3.8, 4) is 17.5 Å². The summed E-state index contributed by atoms with van der Waals surface area (Å²) in [5, 5.41) is 4.92. The molecule has 0 aliphatic rings. The Bertz CT molecular complexity index is 1100. The lowest BCUT2D eigenvalue weighted by atomic mass is 10.2. The van der Waals surface area contributed by atoms with Gasteiger partial charge in [-0.05, 0) is 38.1 Å². The molecule has 2 heterocycles. The van der Waals surface area contributed by atoms with Gasteiger partial charge in [-0.15, -0.1) is 11.3 Å². The highest BCUT2D eigenvalue weighted by molar-refractivity contribution is 7.90. The van der Waals surface area contributed by atoms with Crippen molar-refractivity contribution < 1.29 is 22.7 Å². The van der Waals surface area contributed by atoms with Gasteiger partial charge in [-0.2, -0.15) is 4.98 Å². The summed E-state index contributed by atoms with van der Waals surface area (Å²) < 4.78 is 34.5. The first kappa shape index (κ1) is 20.7. The summed E-state index contributed by atoms with van der Waals surface area (Å²) in [4.78, 5) is 21.0. The van der Waals surface area contributed by atoms with Gasteiger partial charge in [-0.25, -0.2) is 13.4 Å². The number of carbonyl (C=O) groups excluding carboxylic acids is 1. The van der Waals surface area contributed by atoms with Gasteiger partial charge in [0.25, 0.3) is 5.91 Å². The first-order chi connectivity index (χ1) is 13.7. The van der Waals surface area contributed by atoms with Crippen LogP contribution in [0.1, 0.15) is 24.2 Å². The lowest BCUT2D eigenvalue weighted by Crippen LogP contribution is -2.14. The SMILES string of the molecule is CC(C)Oc1cc(C(=O)Nc2nccs2)cc(Oc2ccc(S(C)(=O)=O)cc2)n1. The number of ether oxygens (including phenoxy) is 2. The molecule has 0 atom stereocenters. The van der Waals surface area contributed by atoms with E-state index >= 15 is 0 Å². The standard InChI is InChI=1S/C19H19N3O5S2/c1-12(2)26-16-10-13(18(23)22-19-20-8-9-28-19)11-17(21-16)27-14-4-6-15(7-5-14)29(3,24)25/h4-12H,1-3H3,(H,20,22,23). The fourth-order valence-electron chi connectivity index (χ4n) is 2.30. The number of benzene rings is 1. The van der Waals surface area contributed by atoms with E-state index in [1.54, 1.807) is 11.6 Å². The quantitative estimate of drug-likeness (QED) is 0.604. The van der Waals surface area contributed by atoms with Gasteiger partial charge in [0.1, 0.15) is 5.75 Å². The number of aromatic nitrogens is 2. The molecular formula is C19H19N3O5S2. The summed E-state index contributed by atoms with van der Waals surface area (Å²) >= 11 is 1.30. The van der Waals surface area contributed by atoms with Crippen molar-refractivity contribution in [1.82, 2.24) is 9.97 Å². The zero-order valence-electron chi connectivity index (χ0n) is 15.9. The second-order valence-electron chi connectivity index (χ2n) is 6.34. The third kappa shape index (κ3) is 5.75. The summed E-state index contributed by atoms with van der Waals surface area (Å²) in [5.41, 5.74) is 0.286. The van der Waals surface area contributed by atoms with Gasteiger partial charge in [-0.3, -0.25) is 10.1 Å². The Morgan fingerprint density at radius 1 is 1.14 bits per heavy atom. The van der Waals surface area contributed by atoms with Crippen LogP contribution in [0, 0.1) is 0 Å². The molecule has 1 N–H and O–H groups in total. The number of nitrogens with one attached hydrogen (secondary N) is 1. The highest BCUT2D eigenvalue weighted by atomic mass is 32.2. The Kier molecular flexibility index (Phi) is 6.14. The van der Waals surface area contributed by atoms with Crippen LogP contribution in [0.3, 0.4) is 0 Å². The maximum Gasteiger partial charge on any atom is 0.257 e. The maximum absolute atomic E-state index is 12.6. The second kappa shape index (κ2) is 8.58. The molecule has 3 aromatic rings. The first-order valence-corrected chi connectivity index (χ1v) is 11.4. The van der Waals surface area contributed by atoms with E-state index in [0.29, 0.717) is 10.9 Å². The Balaban J connectivity index is 1.87. The average molecular weight is 434 g/mol. The summed E-state index contributed by atoms with van der Waals surface area (Å²) in [6.07, 6.45) is 2.57. The number of pyridine rings is 1. The predicted molar refractivity (Wildman–Crippen MR) is 110 cm³/mol. The van der Waals surface area contributed by atoms with Crippen LogP contribution in [-0.4, -0.2) is 36.7 Å². The van der Waals surface area contributed by atoms with Crippen molar-refractivity contribution >= 4 is 32.2 Å². The normalized spacial score (nSPS) is 11.3. The van der Waals surface area contributed by atoms with E-state index in [1.807, 2.05) is 13.8 Å². The molecule has 0 unspecified atom stereocenters. The fraction of sp³-hybridized carbons (Fsp3) is 0.211. The van der Waals surface area contributed by atoms with Gasteiger partial charge in [0.15, 0.2) is 15.0 Å². The summed E-state index contributed by atoms with van der Waals surface area (Å²) in [6.45, 7) is 3.68. The van der Waals surface area contributed by atoms with Crippen molar-refractivity contribution in [2.45, 2.75) is 24.8 Å². The van der Waals surface area contributed by atoms with Crippen LogP contribution in [-0.2, 0) is 9.84 Å². The van der Waals surface area contributed by atoms with Crippen LogP contribution in [0.4, 0.5) is 5.13 Å².